The molecule has 0 aliphatic heterocycles. The van der Waals surface area contributed by atoms with Crippen LogP contribution in [-0.4, -0.2) is 5.91 Å². The number of amides is 1. The van der Waals surface area contributed by atoms with Crippen molar-refractivity contribution in [2.75, 3.05) is 5.43 Å². The molecule has 20 heavy (non-hydrogen) atoms. The molecule has 4 nitrogen and oxygen atoms in total. The van der Waals surface area contributed by atoms with Gasteiger partial charge in [0.05, 0.1) is 10.9 Å². The van der Waals surface area contributed by atoms with E-state index in [-0.39, 0.29) is 12.1 Å². The average molecular weight is 318 g/mol. The van der Waals surface area contributed by atoms with Gasteiger partial charge in [-0.1, -0.05) is 11.6 Å². The van der Waals surface area contributed by atoms with E-state index in [0.717, 1.165) is 17.0 Å². The molecule has 0 aliphatic rings. The van der Waals surface area contributed by atoms with Gasteiger partial charge in [0.25, 0.3) is 5.91 Å². The van der Waals surface area contributed by atoms with E-state index in [1.807, 2.05) is 5.43 Å². The lowest BCUT2D eigenvalue weighted by atomic mass is 10.1. The highest BCUT2D eigenvalue weighted by Crippen LogP contribution is 2.22. The fraction of sp³-hybridized carbons (Fsp3) is 0.0833. The Labute approximate surface area is 122 Å². The second kappa shape index (κ2) is 6.17. The summed E-state index contributed by atoms with van der Waals surface area (Å²) in [5, 5.41) is 2.55. The molecule has 0 bridgehead atoms. The molecular weight excluding hydrogens is 308 g/mol. The maximum Gasteiger partial charge on any atom is 0.251 e. The number of hydrogen-bond acceptors (Lipinski definition) is 4. The van der Waals surface area contributed by atoms with Crippen LogP contribution in [0.3, 0.4) is 0 Å². The van der Waals surface area contributed by atoms with Gasteiger partial charge in [0.15, 0.2) is 11.6 Å². The van der Waals surface area contributed by atoms with Crippen molar-refractivity contribution < 1.29 is 13.6 Å². The van der Waals surface area contributed by atoms with Crippen molar-refractivity contribution in [2.45, 2.75) is 6.54 Å². The lowest BCUT2D eigenvalue weighted by molar-refractivity contribution is 0.0950. The Morgan fingerprint density at radius 2 is 1.95 bits per heavy atom. The molecule has 8 heteroatoms. The number of anilines is 1. The second-order valence-corrected chi connectivity index (χ2v) is 5.65. The first kappa shape index (κ1) is 14.7. The SMILES string of the molecule is NNc1c(F)cc(C(=O)NCc2ccc(Cl)s2)cc1F. The highest BCUT2D eigenvalue weighted by atomic mass is 35.5. The molecule has 0 aliphatic carbocycles. The summed E-state index contributed by atoms with van der Waals surface area (Å²) in [5.74, 6) is 2.52. The van der Waals surface area contributed by atoms with Crippen LogP contribution in [0.25, 0.3) is 0 Å². The first-order chi connectivity index (χ1) is 9.51. The number of rotatable bonds is 4. The van der Waals surface area contributed by atoms with Crippen LogP contribution in [0, 0.1) is 11.6 Å². The Kier molecular flexibility index (Phi) is 4.53. The summed E-state index contributed by atoms with van der Waals surface area (Å²) in [4.78, 5) is 12.6. The molecule has 2 rings (SSSR count). The number of benzene rings is 1. The van der Waals surface area contributed by atoms with Gasteiger partial charge in [-0.05, 0) is 24.3 Å². The van der Waals surface area contributed by atoms with Crippen LogP contribution in [0.2, 0.25) is 4.34 Å². The van der Waals surface area contributed by atoms with E-state index in [9.17, 15) is 13.6 Å². The van der Waals surface area contributed by atoms with Crippen molar-refractivity contribution in [3.8, 4) is 0 Å². The summed E-state index contributed by atoms with van der Waals surface area (Å²) in [6, 6.07) is 5.29. The molecule has 0 unspecified atom stereocenters. The van der Waals surface area contributed by atoms with E-state index in [1.54, 1.807) is 12.1 Å². The van der Waals surface area contributed by atoms with E-state index in [2.05, 4.69) is 5.32 Å². The Morgan fingerprint density at radius 3 is 2.45 bits per heavy atom. The maximum absolute atomic E-state index is 13.5. The lowest BCUT2D eigenvalue weighted by Gasteiger charge is -2.07. The van der Waals surface area contributed by atoms with Crippen LogP contribution >= 0.6 is 22.9 Å². The van der Waals surface area contributed by atoms with Crippen molar-refractivity contribution >= 4 is 34.5 Å². The fourth-order valence-electron chi connectivity index (χ4n) is 1.56. The summed E-state index contributed by atoms with van der Waals surface area (Å²) in [5.41, 5.74) is 1.29. The summed E-state index contributed by atoms with van der Waals surface area (Å²) in [6.07, 6.45) is 0. The lowest BCUT2D eigenvalue weighted by Crippen LogP contribution is -2.23. The number of nitrogens with one attached hydrogen (secondary N) is 2. The summed E-state index contributed by atoms with van der Waals surface area (Å²) in [6.45, 7) is 0.232. The zero-order chi connectivity index (χ0) is 14.7. The first-order valence-corrected chi connectivity index (χ1v) is 6.68. The van der Waals surface area contributed by atoms with E-state index in [4.69, 9.17) is 17.4 Å². The molecule has 0 saturated carbocycles. The maximum atomic E-state index is 13.5. The normalized spacial score (nSPS) is 10.4. The largest absolute Gasteiger partial charge is 0.347 e. The molecule has 0 saturated heterocycles. The van der Waals surface area contributed by atoms with Gasteiger partial charge < -0.3 is 10.7 Å². The number of nitrogen functional groups attached to an aromatic ring is 1. The smallest absolute Gasteiger partial charge is 0.251 e. The Hall–Kier alpha value is -1.70. The zero-order valence-electron chi connectivity index (χ0n) is 10.0. The summed E-state index contributed by atoms with van der Waals surface area (Å²) >= 11 is 7.07. The minimum atomic E-state index is -0.934. The first-order valence-electron chi connectivity index (χ1n) is 5.49. The minimum absolute atomic E-state index is 0.123. The van der Waals surface area contributed by atoms with E-state index >= 15 is 0 Å². The quantitative estimate of drug-likeness (QED) is 0.600. The number of hydrazine groups is 1. The molecule has 1 amide bonds. The molecule has 1 heterocycles. The van der Waals surface area contributed by atoms with Gasteiger partial charge in [-0.25, -0.2) is 8.78 Å². The predicted molar refractivity (Wildman–Crippen MR) is 74.7 cm³/mol. The fourth-order valence-corrected chi connectivity index (χ4v) is 2.59. The predicted octanol–water partition coefficient (Wildman–Crippen LogP) is 2.90. The van der Waals surface area contributed by atoms with Crippen LogP contribution in [0.5, 0.6) is 0 Å². The second-order valence-electron chi connectivity index (χ2n) is 3.85. The minimum Gasteiger partial charge on any atom is -0.347 e. The number of carbonyl (C=O) groups is 1. The number of hydrogen-bond donors (Lipinski definition) is 3. The van der Waals surface area contributed by atoms with Crippen molar-refractivity contribution in [3.05, 3.63) is 50.7 Å². The van der Waals surface area contributed by atoms with Crippen molar-refractivity contribution in [3.63, 3.8) is 0 Å². The molecule has 0 spiro atoms. The standard InChI is InChI=1S/C12H10ClF2N3OS/c13-10-2-1-7(20-10)5-17-12(19)6-3-8(14)11(18-16)9(15)4-6/h1-4,18H,5,16H2,(H,17,19). The van der Waals surface area contributed by atoms with Crippen molar-refractivity contribution in [2.24, 2.45) is 5.84 Å². The third kappa shape index (κ3) is 3.24. The molecule has 4 N–H and O–H groups in total. The van der Waals surface area contributed by atoms with Gasteiger partial charge in [-0.2, -0.15) is 0 Å². The molecule has 1 aromatic carbocycles. The molecule has 0 fully saturated rings. The highest BCUT2D eigenvalue weighted by Gasteiger charge is 2.14. The number of carbonyl (C=O) groups excluding carboxylic acids is 1. The van der Waals surface area contributed by atoms with E-state index in [1.165, 1.54) is 11.3 Å². The topological polar surface area (TPSA) is 67.1 Å². The van der Waals surface area contributed by atoms with Crippen LogP contribution in [0.15, 0.2) is 24.3 Å². The Balaban J connectivity index is 2.09. The average Bonchev–Trinajstić information content (AvgIpc) is 2.81. The van der Waals surface area contributed by atoms with Crippen molar-refractivity contribution in [1.82, 2.24) is 5.32 Å². The van der Waals surface area contributed by atoms with Gasteiger partial charge in [-0.15, -0.1) is 11.3 Å². The van der Waals surface area contributed by atoms with E-state index in [0.29, 0.717) is 4.34 Å². The highest BCUT2D eigenvalue weighted by molar-refractivity contribution is 7.16. The summed E-state index contributed by atoms with van der Waals surface area (Å²) < 4.78 is 27.5. The van der Waals surface area contributed by atoms with E-state index < -0.39 is 23.2 Å². The number of nitrogens with two attached hydrogens (primary N) is 1. The van der Waals surface area contributed by atoms with Gasteiger partial charge in [0.1, 0.15) is 5.69 Å². The van der Waals surface area contributed by atoms with Crippen molar-refractivity contribution in [1.29, 1.82) is 0 Å². The van der Waals surface area contributed by atoms with Gasteiger partial charge in [0.2, 0.25) is 0 Å². The molecular formula is C12H10ClF2N3OS. The molecule has 2 aromatic rings. The van der Waals surface area contributed by atoms with Crippen LogP contribution in [0.4, 0.5) is 14.5 Å². The number of thiophene rings is 1. The molecule has 106 valence electrons. The third-order valence-electron chi connectivity index (χ3n) is 2.50. The summed E-state index contributed by atoms with van der Waals surface area (Å²) in [7, 11) is 0. The monoisotopic (exact) mass is 317 g/mol. The van der Waals surface area contributed by atoms with Gasteiger partial charge >= 0.3 is 0 Å². The van der Waals surface area contributed by atoms with Gasteiger partial charge in [-0.3, -0.25) is 10.6 Å². The van der Waals surface area contributed by atoms with Crippen LogP contribution in [0.1, 0.15) is 15.2 Å². The van der Waals surface area contributed by atoms with Crippen LogP contribution in [-0.2, 0) is 6.54 Å². The third-order valence-corrected chi connectivity index (χ3v) is 3.73. The zero-order valence-corrected chi connectivity index (χ0v) is 11.6. The Bertz CT molecular complexity index is 624. The molecule has 0 atom stereocenters. The van der Waals surface area contributed by atoms with Crippen LogP contribution < -0.4 is 16.6 Å². The van der Waals surface area contributed by atoms with Gasteiger partial charge in [0, 0.05) is 10.4 Å². The molecule has 0 radical (unpaired) electrons. The molecule has 1 aromatic heterocycles. The Morgan fingerprint density at radius 1 is 1.30 bits per heavy atom. The number of halogens is 3.